The average Bonchev–Trinajstić information content (AvgIpc) is 2.99. The van der Waals surface area contributed by atoms with E-state index in [1.807, 2.05) is 6.08 Å². The average molecular weight is 401 g/mol. The molecule has 0 N–H and O–H groups in total. The van der Waals surface area contributed by atoms with Crippen LogP contribution in [-0.4, -0.2) is 19.6 Å². The molecule has 3 aromatic carbocycles. The first kappa shape index (κ1) is 19.1. The molecule has 0 radical (unpaired) electrons. The number of hydrogen-bond acceptors (Lipinski definition) is 4. The highest BCUT2D eigenvalue weighted by Gasteiger charge is 2.41. The van der Waals surface area contributed by atoms with Gasteiger partial charge in [0.15, 0.2) is 0 Å². The number of nitrogens with zero attached hydrogens (tertiary/aromatic N) is 2. The largest absolute Gasteiger partial charge is 0.368 e. The Morgan fingerprint density at radius 3 is 2.43 bits per heavy atom. The lowest BCUT2D eigenvalue weighted by atomic mass is 9.80. The van der Waals surface area contributed by atoms with Crippen LogP contribution >= 0.6 is 0 Å². The van der Waals surface area contributed by atoms with Crippen molar-refractivity contribution in [3.63, 3.8) is 0 Å². The SMILES string of the molecule is CCN1/C(=C/c2c(N3CCCCC3)c(=O)c2=O)C(C)(C)c2c1ccc1ccccc21. The van der Waals surface area contributed by atoms with Gasteiger partial charge in [0.2, 0.25) is 10.9 Å². The summed E-state index contributed by atoms with van der Waals surface area (Å²) >= 11 is 0. The standard InChI is InChI=1S/C26H28N2O2/c1-4-28-20-13-12-17-10-6-7-11-18(17)22(20)26(2,3)21(28)16-19-23(25(30)24(19)29)27-14-8-5-9-15-27/h6-7,10-13,16H,4-5,8-9,14-15H2,1-3H3/b21-16+. The number of benzene rings is 2. The molecule has 2 heterocycles. The summed E-state index contributed by atoms with van der Waals surface area (Å²) in [6, 6.07) is 12.9. The maximum atomic E-state index is 12.6. The molecular weight excluding hydrogens is 372 g/mol. The Kier molecular flexibility index (Phi) is 4.35. The van der Waals surface area contributed by atoms with E-state index in [2.05, 4.69) is 67.0 Å². The van der Waals surface area contributed by atoms with E-state index >= 15 is 0 Å². The molecule has 1 saturated heterocycles. The zero-order chi connectivity index (χ0) is 21.0. The van der Waals surface area contributed by atoms with Crippen LogP contribution in [0.25, 0.3) is 16.8 Å². The van der Waals surface area contributed by atoms with Gasteiger partial charge < -0.3 is 9.80 Å². The van der Waals surface area contributed by atoms with Gasteiger partial charge in [0.25, 0.3) is 0 Å². The highest BCUT2D eigenvalue weighted by Crippen LogP contribution is 2.51. The summed E-state index contributed by atoms with van der Waals surface area (Å²) in [5.74, 6) is 0. The van der Waals surface area contributed by atoms with Gasteiger partial charge in [-0.3, -0.25) is 9.59 Å². The fraction of sp³-hybridized carbons (Fsp3) is 0.385. The molecule has 0 amide bonds. The summed E-state index contributed by atoms with van der Waals surface area (Å²) in [6.45, 7) is 9.15. The van der Waals surface area contributed by atoms with Crippen molar-refractivity contribution in [3.05, 3.63) is 73.7 Å². The van der Waals surface area contributed by atoms with E-state index in [1.165, 1.54) is 28.4 Å². The second kappa shape index (κ2) is 6.83. The van der Waals surface area contributed by atoms with Crippen LogP contribution in [0.3, 0.4) is 0 Å². The molecule has 2 aliphatic heterocycles. The Balaban J connectivity index is 1.68. The molecule has 2 aliphatic rings. The Labute approximate surface area is 177 Å². The van der Waals surface area contributed by atoms with Crippen molar-refractivity contribution >= 4 is 28.2 Å². The monoisotopic (exact) mass is 400 g/mol. The number of allylic oxidation sites excluding steroid dienone is 1. The van der Waals surface area contributed by atoms with Gasteiger partial charge in [0, 0.05) is 36.4 Å². The zero-order valence-corrected chi connectivity index (χ0v) is 18.0. The molecule has 4 heteroatoms. The fourth-order valence-electron chi connectivity index (χ4n) is 5.44. The van der Waals surface area contributed by atoms with Gasteiger partial charge in [0.05, 0.1) is 5.56 Å². The third kappa shape index (κ3) is 2.59. The number of likely N-dealkylation sites (N-methyl/N-ethyl adjacent to an activating group) is 1. The van der Waals surface area contributed by atoms with Gasteiger partial charge in [-0.2, -0.15) is 0 Å². The summed E-state index contributed by atoms with van der Waals surface area (Å²) in [7, 11) is 0. The minimum atomic E-state index is -0.337. The van der Waals surface area contributed by atoms with Gasteiger partial charge in [-0.25, -0.2) is 0 Å². The van der Waals surface area contributed by atoms with Gasteiger partial charge >= 0.3 is 0 Å². The molecule has 0 atom stereocenters. The summed E-state index contributed by atoms with van der Waals surface area (Å²) in [4.78, 5) is 29.5. The Bertz CT molecular complexity index is 1240. The first-order valence-electron chi connectivity index (χ1n) is 11.1. The number of fused-ring (bicyclic) bond motifs is 3. The van der Waals surface area contributed by atoms with E-state index in [0.29, 0.717) is 11.3 Å². The van der Waals surface area contributed by atoms with Crippen LogP contribution < -0.4 is 20.7 Å². The minimum Gasteiger partial charge on any atom is -0.368 e. The van der Waals surface area contributed by atoms with Crippen LogP contribution in [0.1, 0.15) is 51.2 Å². The van der Waals surface area contributed by atoms with Gasteiger partial charge in [-0.05, 0) is 54.7 Å². The van der Waals surface area contributed by atoms with Crippen LogP contribution in [0, 0.1) is 0 Å². The quantitative estimate of drug-likeness (QED) is 0.603. The number of rotatable bonds is 3. The molecule has 0 aliphatic carbocycles. The highest BCUT2D eigenvalue weighted by atomic mass is 16.2. The van der Waals surface area contributed by atoms with Crippen LogP contribution in [0.5, 0.6) is 0 Å². The second-order valence-corrected chi connectivity index (χ2v) is 9.05. The van der Waals surface area contributed by atoms with E-state index in [9.17, 15) is 9.59 Å². The molecule has 0 bridgehead atoms. The molecule has 0 spiro atoms. The van der Waals surface area contributed by atoms with Crippen LogP contribution in [0.2, 0.25) is 0 Å². The summed E-state index contributed by atoms with van der Waals surface area (Å²) in [5.41, 5.74) is 3.92. The zero-order valence-electron chi connectivity index (χ0n) is 18.0. The Hall–Kier alpha value is -2.88. The van der Waals surface area contributed by atoms with E-state index in [4.69, 9.17) is 0 Å². The third-order valence-electron chi connectivity index (χ3n) is 6.94. The summed E-state index contributed by atoms with van der Waals surface area (Å²) < 4.78 is 0. The van der Waals surface area contributed by atoms with Crippen molar-refractivity contribution in [2.45, 2.75) is 45.4 Å². The van der Waals surface area contributed by atoms with Gasteiger partial charge in [-0.15, -0.1) is 0 Å². The van der Waals surface area contributed by atoms with Crippen molar-refractivity contribution in [3.8, 4) is 0 Å². The number of anilines is 2. The first-order chi connectivity index (χ1) is 14.4. The molecular formula is C26H28N2O2. The molecule has 0 saturated carbocycles. The van der Waals surface area contributed by atoms with E-state index < -0.39 is 0 Å². The lowest BCUT2D eigenvalue weighted by molar-refractivity contribution is 0.575. The van der Waals surface area contributed by atoms with Crippen LogP contribution in [0.4, 0.5) is 11.4 Å². The summed E-state index contributed by atoms with van der Waals surface area (Å²) in [6.07, 6.45) is 5.37. The number of hydrogen-bond donors (Lipinski definition) is 0. The van der Waals surface area contributed by atoms with Crippen molar-refractivity contribution in [1.82, 2.24) is 0 Å². The second-order valence-electron chi connectivity index (χ2n) is 9.05. The van der Waals surface area contributed by atoms with Gasteiger partial charge in [-0.1, -0.05) is 44.2 Å². The lowest BCUT2D eigenvalue weighted by Crippen LogP contribution is -2.45. The van der Waals surface area contributed by atoms with Gasteiger partial charge in [0.1, 0.15) is 5.69 Å². The Morgan fingerprint density at radius 2 is 1.70 bits per heavy atom. The number of piperidine rings is 1. The molecule has 4 nitrogen and oxygen atoms in total. The summed E-state index contributed by atoms with van der Waals surface area (Å²) in [5, 5.41) is 2.48. The lowest BCUT2D eigenvalue weighted by Gasteiger charge is -2.31. The maximum Gasteiger partial charge on any atom is 0.250 e. The highest BCUT2D eigenvalue weighted by molar-refractivity contribution is 5.96. The molecule has 0 aromatic heterocycles. The van der Waals surface area contributed by atoms with Crippen molar-refractivity contribution in [1.29, 1.82) is 0 Å². The maximum absolute atomic E-state index is 12.6. The topological polar surface area (TPSA) is 40.6 Å². The molecule has 5 rings (SSSR count). The first-order valence-corrected chi connectivity index (χ1v) is 11.1. The van der Waals surface area contributed by atoms with E-state index in [1.54, 1.807) is 0 Å². The van der Waals surface area contributed by atoms with Crippen molar-refractivity contribution in [2.24, 2.45) is 0 Å². The molecule has 154 valence electrons. The third-order valence-corrected chi connectivity index (χ3v) is 6.94. The Morgan fingerprint density at radius 1 is 0.967 bits per heavy atom. The smallest absolute Gasteiger partial charge is 0.250 e. The predicted octanol–water partition coefficient (Wildman–Crippen LogP) is 4.58. The molecule has 30 heavy (non-hydrogen) atoms. The normalized spacial score (nSPS) is 19.8. The van der Waals surface area contributed by atoms with Crippen molar-refractivity contribution < 1.29 is 0 Å². The van der Waals surface area contributed by atoms with Crippen LogP contribution in [0.15, 0.2) is 51.7 Å². The fourth-order valence-corrected chi connectivity index (χ4v) is 5.44. The molecule has 3 aromatic rings. The predicted molar refractivity (Wildman–Crippen MR) is 125 cm³/mol. The van der Waals surface area contributed by atoms with E-state index in [-0.39, 0.29) is 16.3 Å². The minimum absolute atomic E-state index is 0.259. The van der Waals surface area contributed by atoms with E-state index in [0.717, 1.165) is 38.2 Å². The van der Waals surface area contributed by atoms with Crippen LogP contribution in [-0.2, 0) is 5.41 Å². The molecule has 1 fully saturated rings. The van der Waals surface area contributed by atoms with Crippen molar-refractivity contribution in [2.75, 3.05) is 29.4 Å². The molecule has 0 unspecified atom stereocenters.